The first-order valence-electron chi connectivity index (χ1n) is 21.8. The third-order valence-corrected chi connectivity index (χ3v) is 13.1. The highest BCUT2D eigenvalue weighted by Crippen LogP contribution is 2.65. The van der Waals surface area contributed by atoms with E-state index in [0.717, 1.165) is 34.1 Å². The van der Waals surface area contributed by atoms with E-state index in [4.69, 9.17) is 0 Å². The maximum absolute atomic E-state index is 2.48. The maximum atomic E-state index is 2.48. The lowest BCUT2D eigenvalue weighted by atomic mass is 9.70. The van der Waals surface area contributed by atoms with Crippen molar-refractivity contribution in [1.29, 1.82) is 0 Å². The van der Waals surface area contributed by atoms with E-state index in [1.807, 2.05) is 0 Å². The molecular formula is C61H42N2. The van der Waals surface area contributed by atoms with Crippen molar-refractivity contribution < 1.29 is 0 Å². The Morgan fingerprint density at radius 2 is 0.635 bits per heavy atom. The number of hydrogen-bond acceptors (Lipinski definition) is 2. The van der Waals surface area contributed by atoms with Crippen LogP contribution in [-0.4, -0.2) is 0 Å². The lowest BCUT2D eigenvalue weighted by molar-refractivity contribution is 0.793. The second-order valence-electron chi connectivity index (χ2n) is 16.4. The molecular weight excluding hydrogens is 761 g/mol. The van der Waals surface area contributed by atoms with E-state index in [1.165, 1.54) is 66.8 Å². The van der Waals surface area contributed by atoms with Crippen LogP contribution in [0.1, 0.15) is 22.3 Å². The minimum Gasteiger partial charge on any atom is -0.310 e. The Morgan fingerprint density at radius 3 is 1.17 bits per heavy atom. The SMILES string of the molecule is c1ccc(-c2ccc(N(c3ccccc3)c3ccc4c(c3)C3(c5ccccc5-c5ccccc53)c3cccc(N(c5ccccc5)c5ccc(-c6ccccc6)cc5)c3-4)cc2)cc1. The normalized spacial score (nSPS) is 12.6. The number of nitrogens with zero attached hydrogens (tertiary/aromatic N) is 2. The van der Waals surface area contributed by atoms with Gasteiger partial charge >= 0.3 is 0 Å². The zero-order valence-corrected chi connectivity index (χ0v) is 34.6. The largest absolute Gasteiger partial charge is 0.310 e. The Labute approximate surface area is 369 Å². The maximum Gasteiger partial charge on any atom is 0.0727 e. The standard InChI is InChI=1S/C61H42N2/c1-5-18-43(19-6-1)45-32-36-49(37-33-45)62(47-22-9-3-10-23-47)51-40-41-54-58(42-51)61(55-28-15-13-26-52(55)53-27-14-16-29-56(53)61)57-30-17-31-59(60(54)57)63(48-24-11-4-12-25-48)50-38-34-46(35-39-50)44-20-7-2-8-21-44/h1-42H. The van der Waals surface area contributed by atoms with Crippen molar-refractivity contribution in [2.75, 3.05) is 9.80 Å². The van der Waals surface area contributed by atoms with Crippen molar-refractivity contribution in [3.63, 3.8) is 0 Å². The zero-order valence-electron chi connectivity index (χ0n) is 34.6. The third-order valence-electron chi connectivity index (χ3n) is 13.1. The fraction of sp³-hybridized carbons (Fsp3) is 0.0164. The summed E-state index contributed by atoms with van der Waals surface area (Å²) in [7, 11) is 0. The van der Waals surface area contributed by atoms with Crippen molar-refractivity contribution in [3.8, 4) is 44.5 Å². The quantitative estimate of drug-likeness (QED) is 0.151. The minimum atomic E-state index is -0.553. The monoisotopic (exact) mass is 802 g/mol. The molecule has 0 unspecified atom stereocenters. The number of fused-ring (bicyclic) bond motifs is 10. The lowest BCUT2D eigenvalue weighted by Crippen LogP contribution is -2.26. The fourth-order valence-electron chi connectivity index (χ4n) is 10.4. The van der Waals surface area contributed by atoms with E-state index < -0.39 is 5.41 Å². The molecule has 10 aromatic rings. The zero-order chi connectivity index (χ0) is 41.7. The van der Waals surface area contributed by atoms with Gasteiger partial charge in [0.2, 0.25) is 0 Å². The van der Waals surface area contributed by atoms with Gasteiger partial charge in [-0.3, -0.25) is 0 Å². The van der Waals surface area contributed by atoms with Gasteiger partial charge in [-0.05, 0) is 128 Å². The van der Waals surface area contributed by atoms with Crippen LogP contribution >= 0.6 is 0 Å². The van der Waals surface area contributed by atoms with Gasteiger partial charge in [0.1, 0.15) is 0 Å². The average molecular weight is 803 g/mol. The van der Waals surface area contributed by atoms with Gasteiger partial charge in [-0.2, -0.15) is 0 Å². The molecule has 1 spiro atoms. The average Bonchev–Trinajstić information content (AvgIpc) is 3.83. The fourth-order valence-corrected chi connectivity index (χ4v) is 10.4. The summed E-state index contributed by atoms with van der Waals surface area (Å²) in [6.45, 7) is 0. The molecule has 0 amide bonds. The summed E-state index contributed by atoms with van der Waals surface area (Å²) in [5.41, 5.74) is 21.2. The summed E-state index contributed by atoms with van der Waals surface area (Å²) in [6, 6.07) is 93.2. The number of anilines is 6. The third kappa shape index (κ3) is 5.87. The highest BCUT2D eigenvalue weighted by atomic mass is 15.2. The molecule has 296 valence electrons. The van der Waals surface area contributed by atoms with Crippen LogP contribution in [0.4, 0.5) is 34.1 Å². The van der Waals surface area contributed by atoms with Crippen LogP contribution < -0.4 is 9.80 Å². The second-order valence-corrected chi connectivity index (χ2v) is 16.4. The van der Waals surface area contributed by atoms with Crippen molar-refractivity contribution in [2.24, 2.45) is 0 Å². The molecule has 12 rings (SSSR count). The summed E-state index contributed by atoms with van der Waals surface area (Å²) in [5.74, 6) is 0. The van der Waals surface area contributed by atoms with Crippen LogP contribution in [0.15, 0.2) is 255 Å². The van der Waals surface area contributed by atoms with Gasteiger partial charge in [0.25, 0.3) is 0 Å². The molecule has 0 heterocycles. The molecule has 0 fully saturated rings. The lowest BCUT2D eigenvalue weighted by Gasteiger charge is -2.32. The first-order valence-corrected chi connectivity index (χ1v) is 21.8. The van der Waals surface area contributed by atoms with Gasteiger partial charge in [-0.1, -0.05) is 188 Å². The molecule has 0 saturated carbocycles. The highest BCUT2D eigenvalue weighted by Gasteiger charge is 2.52. The van der Waals surface area contributed by atoms with E-state index in [9.17, 15) is 0 Å². The predicted molar refractivity (Wildman–Crippen MR) is 263 cm³/mol. The highest BCUT2D eigenvalue weighted by molar-refractivity contribution is 6.02. The van der Waals surface area contributed by atoms with Crippen LogP contribution in [0.3, 0.4) is 0 Å². The Morgan fingerprint density at radius 1 is 0.238 bits per heavy atom. The van der Waals surface area contributed by atoms with Crippen LogP contribution in [0.5, 0.6) is 0 Å². The molecule has 0 bridgehead atoms. The van der Waals surface area contributed by atoms with Gasteiger partial charge < -0.3 is 9.80 Å². The topological polar surface area (TPSA) is 6.48 Å². The molecule has 0 N–H and O–H groups in total. The molecule has 63 heavy (non-hydrogen) atoms. The summed E-state index contributed by atoms with van der Waals surface area (Å²) in [6.07, 6.45) is 0. The van der Waals surface area contributed by atoms with E-state index in [-0.39, 0.29) is 0 Å². The summed E-state index contributed by atoms with van der Waals surface area (Å²) in [4.78, 5) is 4.85. The first kappa shape index (κ1) is 36.6. The second kappa shape index (κ2) is 15.1. The Bertz CT molecular complexity index is 3200. The number of benzene rings is 10. The number of rotatable bonds is 8. The van der Waals surface area contributed by atoms with Gasteiger partial charge in [-0.15, -0.1) is 0 Å². The molecule has 10 aromatic carbocycles. The van der Waals surface area contributed by atoms with E-state index in [1.54, 1.807) is 0 Å². The van der Waals surface area contributed by atoms with Gasteiger partial charge in [0.05, 0.1) is 11.1 Å². The van der Waals surface area contributed by atoms with E-state index >= 15 is 0 Å². The molecule has 2 heteroatoms. The van der Waals surface area contributed by atoms with Gasteiger partial charge in [-0.25, -0.2) is 0 Å². The molecule has 2 nitrogen and oxygen atoms in total. The molecule has 0 saturated heterocycles. The molecule has 0 atom stereocenters. The van der Waals surface area contributed by atoms with E-state index in [2.05, 4.69) is 265 Å². The summed E-state index contributed by atoms with van der Waals surface area (Å²) >= 11 is 0. The molecule has 2 aliphatic rings. The van der Waals surface area contributed by atoms with Crippen molar-refractivity contribution in [3.05, 3.63) is 277 Å². The number of para-hydroxylation sites is 2. The minimum absolute atomic E-state index is 0.553. The Hall–Kier alpha value is -8.20. The van der Waals surface area contributed by atoms with Crippen LogP contribution in [0.2, 0.25) is 0 Å². The Balaban J connectivity index is 1.10. The van der Waals surface area contributed by atoms with Gasteiger partial charge in [0.15, 0.2) is 0 Å². The Kier molecular flexibility index (Phi) is 8.76. The van der Waals surface area contributed by atoms with Gasteiger partial charge in [0, 0.05) is 34.0 Å². The van der Waals surface area contributed by atoms with Crippen LogP contribution in [-0.2, 0) is 5.41 Å². The van der Waals surface area contributed by atoms with E-state index in [0.29, 0.717) is 0 Å². The number of hydrogen-bond donors (Lipinski definition) is 0. The predicted octanol–water partition coefficient (Wildman–Crippen LogP) is 16.3. The van der Waals surface area contributed by atoms with Crippen LogP contribution in [0, 0.1) is 0 Å². The van der Waals surface area contributed by atoms with Crippen molar-refractivity contribution >= 4 is 34.1 Å². The van der Waals surface area contributed by atoms with Crippen molar-refractivity contribution in [1.82, 2.24) is 0 Å². The summed E-state index contributed by atoms with van der Waals surface area (Å²) < 4.78 is 0. The smallest absolute Gasteiger partial charge is 0.0727 e. The first-order chi connectivity index (χ1) is 31.3. The van der Waals surface area contributed by atoms with Crippen molar-refractivity contribution in [2.45, 2.75) is 5.41 Å². The van der Waals surface area contributed by atoms with Crippen LogP contribution in [0.25, 0.3) is 44.5 Å². The molecule has 2 aliphatic carbocycles. The molecule has 0 radical (unpaired) electrons. The summed E-state index contributed by atoms with van der Waals surface area (Å²) in [5, 5.41) is 0. The molecule has 0 aromatic heterocycles. The molecule has 0 aliphatic heterocycles.